The third kappa shape index (κ3) is 2.05. The van der Waals surface area contributed by atoms with Crippen molar-refractivity contribution in [3.63, 3.8) is 0 Å². The van der Waals surface area contributed by atoms with Gasteiger partial charge in [0.1, 0.15) is 0 Å². The molecule has 1 heterocycles. The van der Waals surface area contributed by atoms with Gasteiger partial charge in [0, 0.05) is 18.3 Å². The van der Waals surface area contributed by atoms with Crippen molar-refractivity contribution in [3.05, 3.63) is 31.2 Å². The summed E-state index contributed by atoms with van der Waals surface area (Å²) in [5, 5.41) is 0. The highest BCUT2D eigenvalue weighted by molar-refractivity contribution is 14.1. The van der Waals surface area contributed by atoms with Crippen LogP contribution in [0.5, 0.6) is 0 Å². The number of nitrogens with two attached hydrogens (primary N) is 1. The van der Waals surface area contributed by atoms with E-state index in [-0.39, 0.29) is 17.8 Å². The molecule has 3 N–H and O–H groups in total. The Hall–Kier alpha value is -0.500. The Balaban J connectivity index is 3.39. The predicted molar refractivity (Wildman–Crippen MR) is 52.6 cm³/mol. The highest BCUT2D eigenvalue weighted by Crippen LogP contribution is 2.18. The highest BCUT2D eigenvalue weighted by atomic mass is 127. The van der Waals surface area contributed by atoms with E-state index in [1.165, 1.54) is 6.20 Å². The summed E-state index contributed by atoms with van der Waals surface area (Å²) in [5.41, 5.74) is 4.36. The molecule has 0 spiro atoms. The SMILES string of the molecule is NCc1c(C(F)F)[nH]cc(I)c1=O. The normalized spacial score (nSPS) is 10.8. The molecule has 0 bridgehead atoms. The number of nitrogens with one attached hydrogen (secondary N) is 1. The van der Waals surface area contributed by atoms with Crippen molar-refractivity contribution in [3.8, 4) is 0 Å². The van der Waals surface area contributed by atoms with Crippen LogP contribution >= 0.6 is 22.6 Å². The molecule has 0 amide bonds. The lowest BCUT2D eigenvalue weighted by atomic mass is 10.2. The molecule has 72 valence electrons. The predicted octanol–water partition coefficient (Wildman–Crippen LogP) is 1.38. The maximum Gasteiger partial charge on any atom is 0.278 e. The first kappa shape index (κ1) is 10.6. The van der Waals surface area contributed by atoms with Crippen LogP contribution in [0.15, 0.2) is 11.0 Å². The number of aromatic nitrogens is 1. The van der Waals surface area contributed by atoms with E-state index in [4.69, 9.17) is 5.73 Å². The van der Waals surface area contributed by atoms with Gasteiger partial charge in [-0.1, -0.05) is 0 Å². The molecule has 6 heteroatoms. The topological polar surface area (TPSA) is 58.9 Å². The first-order valence-electron chi connectivity index (χ1n) is 3.46. The summed E-state index contributed by atoms with van der Waals surface area (Å²) in [4.78, 5) is 13.6. The van der Waals surface area contributed by atoms with E-state index in [0.29, 0.717) is 3.57 Å². The number of pyridine rings is 1. The fourth-order valence-electron chi connectivity index (χ4n) is 0.958. The summed E-state index contributed by atoms with van der Waals surface area (Å²) >= 11 is 1.77. The Morgan fingerprint density at radius 2 is 2.23 bits per heavy atom. The van der Waals surface area contributed by atoms with Gasteiger partial charge in [-0.15, -0.1) is 0 Å². The fraction of sp³-hybridized carbons (Fsp3) is 0.286. The molecule has 0 aliphatic rings. The summed E-state index contributed by atoms with van der Waals surface area (Å²) in [7, 11) is 0. The van der Waals surface area contributed by atoms with Gasteiger partial charge in [-0.25, -0.2) is 8.78 Å². The molecule has 0 saturated carbocycles. The van der Waals surface area contributed by atoms with Crippen LogP contribution in [0, 0.1) is 3.57 Å². The van der Waals surface area contributed by atoms with Crippen LogP contribution in [0.3, 0.4) is 0 Å². The molecule has 1 aromatic heterocycles. The molecule has 0 fully saturated rings. The van der Waals surface area contributed by atoms with Gasteiger partial charge < -0.3 is 10.7 Å². The fourth-order valence-corrected chi connectivity index (χ4v) is 1.44. The van der Waals surface area contributed by atoms with Gasteiger partial charge in [0.2, 0.25) is 0 Å². The van der Waals surface area contributed by atoms with Crippen molar-refractivity contribution >= 4 is 22.6 Å². The van der Waals surface area contributed by atoms with E-state index < -0.39 is 11.9 Å². The van der Waals surface area contributed by atoms with Gasteiger partial charge >= 0.3 is 0 Å². The minimum absolute atomic E-state index is 0.0399. The quantitative estimate of drug-likeness (QED) is 0.811. The maximum atomic E-state index is 12.3. The largest absolute Gasteiger partial charge is 0.359 e. The molecule has 1 aromatic rings. The van der Waals surface area contributed by atoms with Crippen molar-refractivity contribution in [2.75, 3.05) is 0 Å². The van der Waals surface area contributed by atoms with Crippen LogP contribution in [-0.4, -0.2) is 4.98 Å². The summed E-state index contributed by atoms with van der Waals surface area (Å²) in [6, 6.07) is 0. The van der Waals surface area contributed by atoms with Gasteiger partial charge in [0.25, 0.3) is 6.43 Å². The Labute approximate surface area is 86.5 Å². The van der Waals surface area contributed by atoms with E-state index in [9.17, 15) is 13.6 Å². The summed E-state index contributed by atoms with van der Waals surface area (Å²) < 4.78 is 25.0. The molecule has 0 aliphatic heterocycles. The van der Waals surface area contributed by atoms with Crippen LogP contribution in [0.1, 0.15) is 17.7 Å². The Morgan fingerprint density at radius 3 is 2.69 bits per heavy atom. The number of aromatic amines is 1. The molecule has 0 radical (unpaired) electrons. The highest BCUT2D eigenvalue weighted by Gasteiger charge is 2.16. The molecule has 0 saturated heterocycles. The van der Waals surface area contributed by atoms with Gasteiger partial charge in [-0.3, -0.25) is 4.79 Å². The Kier molecular flexibility index (Phi) is 3.37. The standard InChI is InChI=1S/C7H7F2IN2O/c8-7(9)5-3(1-11)6(13)4(10)2-12-5/h2,7H,1,11H2,(H,12,13). The number of hydrogen-bond acceptors (Lipinski definition) is 2. The first-order valence-corrected chi connectivity index (χ1v) is 4.54. The summed E-state index contributed by atoms with van der Waals surface area (Å²) in [5.74, 6) is 0. The summed E-state index contributed by atoms with van der Waals surface area (Å²) in [6.07, 6.45) is -1.44. The molecule has 3 nitrogen and oxygen atoms in total. The average molecular weight is 300 g/mol. The number of H-pyrrole nitrogens is 1. The van der Waals surface area contributed by atoms with E-state index in [1.54, 1.807) is 22.6 Å². The molecule has 0 unspecified atom stereocenters. The third-order valence-corrected chi connectivity index (χ3v) is 2.39. The summed E-state index contributed by atoms with van der Waals surface area (Å²) in [6.45, 7) is -0.175. The van der Waals surface area contributed by atoms with Crippen molar-refractivity contribution in [1.29, 1.82) is 0 Å². The van der Waals surface area contributed by atoms with Crippen molar-refractivity contribution < 1.29 is 8.78 Å². The molecular formula is C7H7F2IN2O. The second-order valence-electron chi connectivity index (χ2n) is 2.36. The van der Waals surface area contributed by atoms with Crippen LogP contribution in [0.2, 0.25) is 0 Å². The van der Waals surface area contributed by atoms with Crippen LogP contribution < -0.4 is 11.2 Å². The Bertz CT molecular complexity index is 364. The van der Waals surface area contributed by atoms with Gasteiger partial charge in [-0.2, -0.15) is 0 Å². The van der Waals surface area contributed by atoms with E-state index in [0.717, 1.165) is 0 Å². The number of hydrogen-bond donors (Lipinski definition) is 2. The zero-order valence-electron chi connectivity index (χ0n) is 6.48. The van der Waals surface area contributed by atoms with Gasteiger partial charge in [0.15, 0.2) is 5.43 Å². The number of rotatable bonds is 2. The average Bonchev–Trinajstić information content (AvgIpc) is 2.09. The lowest BCUT2D eigenvalue weighted by molar-refractivity contribution is 0.144. The lowest BCUT2D eigenvalue weighted by Gasteiger charge is -2.05. The van der Waals surface area contributed by atoms with Crippen LogP contribution in [0.25, 0.3) is 0 Å². The van der Waals surface area contributed by atoms with Gasteiger partial charge in [0.05, 0.1) is 9.26 Å². The van der Waals surface area contributed by atoms with E-state index in [2.05, 4.69) is 4.98 Å². The zero-order chi connectivity index (χ0) is 10.0. The molecule has 13 heavy (non-hydrogen) atoms. The van der Waals surface area contributed by atoms with Crippen molar-refractivity contribution in [2.45, 2.75) is 13.0 Å². The number of halogens is 3. The number of alkyl halides is 2. The lowest BCUT2D eigenvalue weighted by Crippen LogP contribution is -2.20. The minimum Gasteiger partial charge on any atom is -0.359 e. The Morgan fingerprint density at radius 1 is 1.62 bits per heavy atom. The van der Waals surface area contributed by atoms with E-state index >= 15 is 0 Å². The van der Waals surface area contributed by atoms with Gasteiger partial charge in [-0.05, 0) is 22.6 Å². The smallest absolute Gasteiger partial charge is 0.278 e. The van der Waals surface area contributed by atoms with Crippen LogP contribution in [-0.2, 0) is 6.54 Å². The van der Waals surface area contributed by atoms with Crippen molar-refractivity contribution in [2.24, 2.45) is 5.73 Å². The van der Waals surface area contributed by atoms with E-state index in [1.807, 2.05) is 0 Å². The molecular weight excluding hydrogens is 293 g/mol. The third-order valence-electron chi connectivity index (χ3n) is 1.59. The van der Waals surface area contributed by atoms with Crippen LogP contribution in [0.4, 0.5) is 8.78 Å². The molecule has 0 atom stereocenters. The molecule has 0 aliphatic carbocycles. The van der Waals surface area contributed by atoms with Crippen molar-refractivity contribution in [1.82, 2.24) is 4.98 Å². The second-order valence-corrected chi connectivity index (χ2v) is 3.52. The monoisotopic (exact) mass is 300 g/mol. The minimum atomic E-state index is -2.69. The molecule has 0 aromatic carbocycles. The second kappa shape index (κ2) is 4.14. The first-order chi connectivity index (χ1) is 6.07. The molecule has 1 rings (SSSR count). The maximum absolute atomic E-state index is 12.3. The zero-order valence-corrected chi connectivity index (χ0v) is 8.64.